The van der Waals surface area contributed by atoms with Gasteiger partial charge in [0.15, 0.2) is 0 Å². The van der Waals surface area contributed by atoms with Crippen LogP contribution >= 0.6 is 15.9 Å². The Kier molecular flexibility index (Phi) is 6.04. The van der Waals surface area contributed by atoms with Crippen LogP contribution in [0.2, 0.25) is 0 Å². The third kappa shape index (κ3) is 5.22. The molecule has 0 unspecified atom stereocenters. The van der Waals surface area contributed by atoms with E-state index in [4.69, 9.17) is 4.74 Å². The minimum atomic E-state index is -4.23. The van der Waals surface area contributed by atoms with Gasteiger partial charge in [0.05, 0.1) is 5.92 Å². The Morgan fingerprint density at radius 1 is 1.22 bits per heavy atom. The third-order valence-corrected chi connectivity index (χ3v) is 4.99. The van der Waals surface area contributed by atoms with E-state index in [2.05, 4.69) is 26.2 Å². The summed E-state index contributed by atoms with van der Waals surface area (Å²) in [4.78, 5) is 16.7. The van der Waals surface area contributed by atoms with Crippen LogP contribution in [0, 0.1) is 5.92 Å². The molecule has 1 aliphatic carbocycles. The number of hydrogen-bond acceptors (Lipinski definition) is 3. The summed E-state index contributed by atoms with van der Waals surface area (Å²) in [5, 5.41) is 2.71. The van der Waals surface area contributed by atoms with Crippen LogP contribution in [0.25, 0.3) is 0 Å². The van der Waals surface area contributed by atoms with Gasteiger partial charge in [-0.1, -0.05) is 28.4 Å². The summed E-state index contributed by atoms with van der Waals surface area (Å²) in [6.07, 6.45) is -1.77. The van der Waals surface area contributed by atoms with E-state index in [1.807, 2.05) is 6.07 Å². The van der Waals surface area contributed by atoms with E-state index in [0.717, 1.165) is 4.47 Å². The maximum atomic E-state index is 13.0. The smallest absolute Gasteiger partial charge is 0.391 e. The number of ether oxygens (including phenoxy) is 1. The van der Waals surface area contributed by atoms with Crippen LogP contribution in [0.4, 0.5) is 13.2 Å². The molecule has 1 saturated carbocycles. The van der Waals surface area contributed by atoms with Crippen LogP contribution in [0.15, 0.2) is 47.1 Å². The van der Waals surface area contributed by atoms with Crippen molar-refractivity contribution in [2.24, 2.45) is 5.92 Å². The van der Waals surface area contributed by atoms with Gasteiger partial charge < -0.3 is 10.1 Å². The van der Waals surface area contributed by atoms with Crippen molar-refractivity contribution in [1.29, 1.82) is 0 Å². The third-order valence-electron chi connectivity index (χ3n) is 4.50. The van der Waals surface area contributed by atoms with Gasteiger partial charge in [-0.05, 0) is 49.6 Å². The quantitative estimate of drug-likeness (QED) is 0.681. The summed E-state index contributed by atoms with van der Waals surface area (Å²) in [5.74, 6) is -1.26. The van der Waals surface area contributed by atoms with Crippen molar-refractivity contribution in [3.05, 3.63) is 52.6 Å². The van der Waals surface area contributed by atoms with Crippen LogP contribution in [0.3, 0.4) is 0 Å². The Morgan fingerprint density at radius 3 is 2.78 bits per heavy atom. The zero-order chi connectivity index (χ0) is 19.4. The van der Waals surface area contributed by atoms with Gasteiger partial charge in [0.1, 0.15) is 11.3 Å². The van der Waals surface area contributed by atoms with Crippen LogP contribution in [0.1, 0.15) is 36.0 Å². The fraction of sp³-hybridized carbons (Fsp3) is 0.368. The zero-order valence-corrected chi connectivity index (χ0v) is 15.9. The minimum absolute atomic E-state index is 0.0999. The molecule has 2 atom stereocenters. The zero-order valence-electron chi connectivity index (χ0n) is 14.3. The number of hydrogen-bond donors (Lipinski definition) is 1. The number of nitrogens with zero attached hydrogens (tertiary/aromatic N) is 1. The van der Waals surface area contributed by atoms with Crippen molar-refractivity contribution in [2.75, 3.05) is 0 Å². The van der Waals surface area contributed by atoms with E-state index in [1.54, 1.807) is 30.3 Å². The molecule has 0 bridgehead atoms. The van der Waals surface area contributed by atoms with Crippen molar-refractivity contribution in [3.63, 3.8) is 0 Å². The van der Waals surface area contributed by atoms with Gasteiger partial charge in [-0.3, -0.25) is 4.79 Å². The largest absolute Gasteiger partial charge is 0.438 e. The molecule has 3 rings (SSSR count). The lowest BCUT2D eigenvalue weighted by molar-refractivity contribution is -0.183. The Hall–Kier alpha value is -2.09. The summed E-state index contributed by atoms with van der Waals surface area (Å²) in [6, 6.07) is 9.67. The summed E-state index contributed by atoms with van der Waals surface area (Å²) < 4.78 is 45.4. The fourth-order valence-electron chi connectivity index (χ4n) is 3.17. The number of benzene rings is 1. The molecule has 1 N–H and O–H groups in total. The Balaban J connectivity index is 1.72. The van der Waals surface area contributed by atoms with Crippen LogP contribution < -0.4 is 10.1 Å². The molecule has 0 aliphatic heterocycles. The maximum Gasteiger partial charge on any atom is 0.391 e. The van der Waals surface area contributed by atoms with E-state index in [1.165, 1.54) is 6.20 Å². The van der Waals surface area contributed by atoms with Crippen molar-refractivity contribution in [1.82, 2.24) is 10.3 Å². The molecule has 1 aromatic heterocycles. The Bertz CT molecular complexity index is 814. The molecule has 4 nitrogen and oxygen atoms in total. The second-order valence-corrected chi connectivity index (χ2v) is 7.41. The SMILES string of the molecule is O=C(N[C@@H]1CCC[C@@H](C(F)(F)F)C1)c1cccnc1Oc1cccc(Br)c1. The predicted octanol–water partition coefficient (Wildman–Crippen LogP) is 5.49. The van der Waals surface area contributed by atoms with E-state index in [9.17, 15) is 18.0 Å². The van der Waals surface area contributed by atoms with Crippen LogP contribution in [0.5, 0.6) is 11.6 Å². The Labute approximate surface area is 163 Å². The van der Waals surface area contributed by atoms with Crippen molar-refractivity contribution >= 4 is 21.8 Å². The maximum absolute atomic E-state index is 13.0. The number of carbonyl (C=O) groups excluding carboxylic acids is 1. The van der Waals surface area contributed by atoms with Gasteiger partial charge in [-0.15, -0.1) is 0 Å². The molecule has 1 amide bonds. The molecule has 144 valence electrons. The number of amides is 1. The molecule has 0 radical (unpaired) electrons. The topological polar surface area (TPSA) is 51.2 Å². The van der Waals surface area contributed by atoms with Crippen molar-refractivity contribution < 1.29 is 22.7 Å². The van der Waals surface area contributed by atoms with E-state index >= 15 is 0 Å². The van der Waals surface area contributed by atoms with Gasteiger partial charge in [-0.25, -0.2) is 4.98 Å². The van der Waals surface area contributed by atoms with E-state index in [-0.39, 0.29) is 24.3 Å². The second kappa shape index (κ2) is 8.29. The monoisotopic (exact) mass is 442 g/mol. The molecule has 8 heteroatoms. The standard InChI is InChI=1S/C19H18BrF3N2O2/c20-13-5-2-7-15(11-13)27-18-16(8-3-9-24-18)17(26)25-14-6-1-4-12(10-14)19(21,22)23/h2-3,5,7-9,11-12,14H,1,4,6,10H2,(H,25,26)/t12-,14-/m1/s1. The van der Waals surface area contributed by atoms with E-state index < -0.39 is 24.0 Å². The first kappa shape index (κ1) is 19.7. The number of rotatable bonds is 4. The lowest BCUT2D eigenvalue weighted by Gasteiger charge is -2.31. The minimum Gasteiger partial charge on any atom is -0.438 e. The first-order valence-corrected chi connectivity index (χ1v) is 9.38. The highest BCUT2D eigenvalue weighted by molar-refractivity contribution is 9.10. The summed E-state index contributed by atoms with van der Waals surface area (Å²) in [7, 11) is 0. The number of alkyl halides is 3. The first-order valence-electron chi connectivity index (χ1n) is 8.59. The first-order chi connectivity index (χ1) is 12.8. The Morgan fingerprint density at radius 2 is 2.04 bits per heavy atom. The van der Waals surface area contributed by atoms with Gasteiger partial charge >= 0.3 is 6.18 Å². The molecule has 1 aliphatic rings. The summed E-state index contributed by atoms with van der Waals surface area (Å²) >= 11 is 3.34. The van der Waals surface area contributed by atoms with E-state index in [0.29, 0.717) is 18.6 Å². The highest BCUT2D eigenvalue weighted by Gasteiger charge is 2.42. The lowest BCUT2D eigenvalue weighted by Crippen LogP contribution is -2.41. The number of carbonyl (C=O) groups is 1. The van der Waals surface area contributed by atoms with Gasteiger partial charge in [0.2, 0.25) is 5.88 Å². The molecule has 1 aromatic carbocycles. The molecular formula is C19H18BrF3N2O2. The second-order valence-electron chi connectivity index (χ2n) is 6.49. The highest BCUT2D eigenvalue weighted by atomic mass is 79.9. The molecule has 0 spiro atoms. The normalized spacial score (nSPS) is 20.1. The average Bonchev–Trinajstić information content (AvgIpc) is 2.62. The molecular weight excluding hydrogens is 425 g/mol. The van der Waals surface area contributed by atoms with Gasteiger partial charge in [0, 0.05) is 16.7 Å². The number of nitrogens with one attached hydrogen (secondary N) is 1. The fourth-order valence-corrected chi connectivity index (χ4v) is 3.55. The van der Waals surface area contributed by atoms with Crippen molar-refractivity contribution in [2.45, 2.75) is 37.9 Å². The van der Waals surface area contributed by atoms with Crippen LogP contribution in [-0.4, -0.2) is 23.1 Å². The molecule has 2 aromatic rings. The highest BCUT2D eigenvalue weighted by Crippen LogP contribution is 2.37. The predicted molar refractivity (Wildman–Crippen MR) is 97.7 cm³/mol. The number of pyridine rings is 1. The molecule has 0 saturated heterocycles. The van der Waals surface area contributed by atoms with Gasteiger partial charge in [0.25, 0.3) is 5.91 Å². The summed E-state index contributed by atoms with van der Waals surface area (Å²) in [6.45, 7) is 0. The van der Waals surface area contributed by atoms with Gasteiger partial charge in [-0.2, -0.15) is 13.2 Å². The molecule has 1 heterocycles. The van der Waals surface area contributed by atoms with Crippen LogP contribution in [-0.2, 0) is 0 Å². The molecule has 1 fully saturated rings. The average molecular weight is 443 g/mol. The summed E-state index contributed by atoms with van der Waals surface area (Å²) in [5.41, 5.74) is 0.187. The molecule has 27 heavy (non-hydrogen) atoms. The number of halogens is 4. The number of aromatic nitrogens is 1. The lowest BCUT2D eigenvalue weighted by atomic mass is 9.85. The van der Waals surface area contributed by atoms with Crippen molar-refractivity contribution in [3.8, 4) is 11.6 Å².